The van der Waals surface area contributed by atoms with Gasteiger partial charge >= 0.3 is 0 Å². The number of aliphatic hydroxyl groups is 1. The Morgan fingerprint density at radius 3 is 2.33 bits per heavy atom. The summed E-state index contributed by atoms with van der Waals surface area (Å²) in [6.45, 7) is 0. The number of rotatable bonds is 6. The van der Waals surface area contributed by atoms with Crippen molar-refractivity contribution in [2.45, 2.75) is 12.5 Å². The van der Waals surface area contributed by atoms with E-state index in [0.29, 0.717) is 29.2 Å². The van der Waals surface area contributed by atoms with Gasteiger partial charge in [-0.25, -0.2) is 0 Å². The highest BCUT2D eigenvalue weighted by atomic mass is 16.5. The molecule has 0 fully saturated rings. The molecule has 0 radical (unpaired) electrons. The standard InChI is InChI=1S/C16H19NO4/c1-19-14-8-7-12(15(20-2)16(14)21-3)13(18)10-11-6-4-5-9-17-11/h4-9,13,18H,10H2,1-3H3. The first kappa shape index (κ1) is 15.1. The number of ether oxygens (including phenoxy) is 3. The van der Waals surface area contributed by atoms with Crippen molar-refractivity contribution in [2.75, 3.05) is 21.3 Å². The molecule has 0 saturated heterocycles. The van der Waals surface area contributed by atoms with E-state index in [2.05, 4.69) is 4.98 Å². The first-order valence-corrected chi connectivity index (χ1v) is 6.58. The van der Waals surface area contributed by atoms with E-state index in [-0.39, 0.29) is 0 Å². The monoisotopic (exact) mass is 289 g/mol. The molecule has 2 rings (SSSR count). The van der Waals surface area contributed by atoms with Gasteiger partial charge in [0.15, 0.2) is 11.5 Å². The fourth-order valence-electron chi connectivity index (χ4n) is 2.21. The third-order valence-corrected chi connectivity index (χ3v) is 3.22. The fraction of sp³-hybridized carbons (Fsp3) is 0.312. The van der Waals surface area contributed by atoms with E-state index >= 15 is 0 Å². The van der Waals surface area contributed by atoms with Crippen molar-refractivity contribution in [3.8, 4) is 17.2 Å². The van der Waals surface area contributed by atoms with Crippen LogP contribution in [0.1, 0.15) is 17.4 Å². The van der Waals surface area contributed by atoms with Crippen LogP contribution in [-0.2, 0) is 6.42 Å². The molecule has 1 atom stereocenters. The number of hydrogen-bond acceptors (Lipinski definition) is 5. The second-order valence-electron chi connectivity index (χ2n) is 4.46. The van der Waals surface area contributed by atoms with Crippen LogP contribution in [0, 0.1) is 0 Å². The number of pyridine rings is 1. The maximum atomic E-state index is 10.5. The zero-order valence-electron chi connectivity index (χ0n) is 12.4. The summed E-state index contributed by atoms with van der Waals surface area (Å²) in [7, 11) is 4.63. The molecular weight excluding hydrogens is 270 g/mol. The van der Waals surface area contributed by atoms with Crippen molar-refractivity contribution in [3.63, 3.8) is 0 Å². The minimum absolute atomic E-state index is 0.396. The van der Waals surface area contributed by atoms with Crippen LogP contribution in [-0.4, -0.2) is 31.4 Å². The van der Waals surface area contributed by atoms with E-state index in [9.17, 15) is 5.11 Å². The van der Waals surface area contributed by atoms with Crippen molar-refractivity contribution in [2.24, 2.45) is 0 Å². The maximum absolute atomic E-state index is 10.5. The molecule has 5 heteroatoms. The molecule has 1 N–H and O–H groups in total. The average molecular weight is 289 g/mol. The number of hydrogen-bond donors (Lipinski definition) is 1. The van der Waals surface area contributed by atoms with Gasteiger partial charge in [0.05, 0.1) is 27.4 Å². The topological polar surface area (TPSA) is 60.8 Å². The summed E-state index contributed by atoms with van der Waals surface area (Å²) in [5.74, 6) is 1.50. The van der Waals surface area contributed by atoms with E-state index in [1.165, 1.54) is 14.2 Å². The number of benzene rings is 1. The van der Waals surface area contributed by atoms with Crippen LogP contribution in [0.3, 0.4) is 0 Å². The van der Waals surface area contributed by atoms with Gasteiger partial charge in [-0.2, -0.15) is 0 Å². The third kappa shape index (κ3) is 3.25. The van der Waals surface area contributed by atoms with Crippen molar-refractivity contribution >= 4 is 0 Å². The van der Waals surface area contributed by atoms with Gasteiger partial charge < -0.3 is 19.3 Å². The smallest absolute Gasteiger partial charge is 0.203 e. The Balaban J connectivity index is 2.34. The van der Waals surface area contributed by atoms with Crippen molar-refractivity contribution in [1.82, 2.24) is 4.98 Å². The lowest BCUT2D eigenvalue weighted by Crippen LogP contribution is -2.07. The molecule has 1 aromatic heterocycles. The van der Waals surface area contributed by atoms with Gasteiger partial charge in [0.1, 0.15) is 0 Å². The second kappa shape index (κ2) is 6.95. The second-order valence-corrected chi connectivity index (χ2v) is 4.46. The van der Waals surface area contributed by atoms with Crippen LogP contribution in [0.5, 0.6) is 17.2 Å². The van der Waals surface area contributed by atoms with Crippen LogP contribution in [0.25, 0.3) is 0 Å². The lowest BCUT2D eigenvalue weighted by atomic mass is 10.0. The summed E-state index contributed by atoms with van der Waals surface area (Å²) in [5.41, 5.74) is 1.45. The highest BCUT2D eigenvalue weighted by Gasteiger charge is 2.21. The van der Waals surface area contributed by atoms with Crippen molar-refractivity contribution < 1.29 is 19.3 Å². The molecule has 0 bridgehead atoms. The summed E-state index contributed by atoms with van der Waals surface area (Å²) in [6.07, 6.45) is 1.36. The molecule has 0 saturated carbocycles. The molecular formula is C16H19NO4. The first-order chi connectivity index (χ1) is 10.2. The molecule has 0 aliphatic carbocycles. The first-order valence-electron chi connectivity index (χ1n) is 6.58. The van der Waals surface area contributed by atoms with Crippen LogP contribution >= 0.6 is 0 Å². The van der Waals surface area contributed by atoms with Gasteiger partial charge in [-0.3, -0.25) is 4.98 Å². The molecule has 0 aliphatic rings. The minimum atomic E-state index is -0.741. The Bertz CT molecular complexity index is 586. The van der Waals surface area contributed by atoms with E-state index in [0.717, 1.165) is 5.69 Å². The molecule has 112 valence electrons. The van der Waals surface area contributed by atoms with Gasteiger partial charge in [-0.05, 0) is 24.3 Å². The summed E-state index contributed by atoms with van der Waals surface area (Å²) < 4.78 is 15.9. The van der Waals surface area contributed by atoms with Crippen LogP contribution in [0.2, 0.25) is 0 Å². The zero-order chi connectivity index (χ0) is 15.2. The molecule has 21 heavy (non-hydrogen) atoms. The van der Waals surface area contributed by atoms with E-state index in [4.69, 9.17) is 14.2 Å². The zero-order valence-corrected chi connectivity index (χ0v) is 12.4. The lowest BCUT2D eigenvalue weighted by molar-refractivity contribution is 0.171. The number of aliphatic hydroxyl groups excluding tert-OH is 1. The highest BCUT2D eigenvalue weighted by molar-refractivity contribution is 5.56. The van der Waals surface area contributed by atoms with E-state index in [1.54, 1.807) is 25.4 Å². The summed E-state index contributed by atoms with van der Waals surface area (Å²) in [5, 5.41) is 10.5. The van der Waals surface area contributed by atoms with Crippen LogP contribution in [0.4, 0.5) is 0 Å². The van der Waals surface area contributed by atoms with Gasteiger partial charge in [-0.1, -0.05) is 6.07 Å². The molecule has 1 heterocycles. The Hall–Kier alpha value is -2.27. The summed E-state index contributed by atoms with van der Waals surface area (Å²) >= 11 is 0. The molecule has 1 aromatic carbocycles. The summed E-state index contributed by atoms with van der Waals surface area (Å²) in [4.78, 5) is 4.22. The lowest BCUT2D eigenvalue weighted by Gasteiger charge is -2.18. The van der Waals surface area contributed by atoms with Gasteiger partial charge in [0.2, 0.25) is 5.75 Å². The SMILES string of the molecule is COc1ccc(C(O)Cc2ccccn2)c(OC)c1OC. The van der Waals surface area contributed by atoms with E-state index < -0.39 is 6.10 Å². The normalized spacial score (nSPS) is 11.8. The molecule has 5 nitrogen and oxygen atoms in total. The Morgan fingerprint density at radius 1 is 1.00 bits per heavy atom. The molecule has 0 spiro atoms. The Kier molecular flexibility index (Phi) is 5.00. The van der Waals surface area contributed by atoms with Gasteiger partial charge in [0, 0.05) is 23.9 Å². The largest absolute Gasteiger partial charge is 0.493 e. The number of nitrogens with zero attached hydrogens (tertiary/aromatic N) is 1. The Morgan fingerprint density at radius 2 is 1.76 bits per heavy atom. The van der Waals surface area contributed by atoms with Crippen molar-refractivity contribution in [1.29, 1.82) is 0 Å². The summed E-state index contributed by atoms with van der Waals surface area (Å²) in [6, 6.07) is 9.12. The third-order valence-electron chi connectivity index (χ3n) is 3.22. The average Bonchev–Trinajstić information content (AvgIpc) is 2.53. The molecule has 2 aromatic rings. The predicted molar refractivity (Wildman–Crippen MR) is 79.0 cm³/mol. The molecule has 1 unspecified atom stereocenters. The minimum Gasteiger partial charge on any atom is -0.493 e. The van der Waals surface area contributed by atoms with Crippen LogP contribution in [0.15, 0.2) is 36.5 Å². The molecule has 0 aliphatic heterocycles. The van der Waals surface area contributed by atoms with Crippen molar-refractivity contribution in [3.05, 3.63) is 47.8 Å². The molecule has 0 amide bonds. The number of methoxy groups -OCH3 is 3. The van der Waals surface area contributed by atoms with Crippen LogP contribution < -0.4 is 14.2 Å². The van der Waals surface area contributed by atoms with Gasteiger partial charge in [-0.15, -0.1) is 0 Å². The maximum Gasteiger partial charge on any atom is 0.203 e. The van der Waals surface area contributed by atoms with Gasteiger partial charge in [0.25, 0.3) is 0 Å². The van der Waals surface area contributed by atoms with E-state index in [1.807, 2.05) is 18.2 Å². The highest BCUT2D eigenvalue weighted by Crippen LogP contribution is 2.42. The fourth-order valence-corrected chi connectivity index (χ4v) is 2.21. The quantitative estimate of drug-likeness (QED) is 0.884. The predicted octanol–water partition coefficient (Wildman–Crippen LogP) is 2.38. The Labute approximate surface area is 124 Å². The number of aromatic nitrogens is 1.